The Labute approximate surface area is 260 Å². The van der Waals surface area contributed by atoms with Crippen LogP contribution in [0.25, 0.3) is 16.6 Å². The third-order valence-electron chi connectivity index (χ3n) is 7.01. The van der Waals surface area contributed by atoms with E-state index in [0.717, 1.165) is 30.3 Å². The summed E-state index contributed by atoms with van der Waals surface area (Å²) >= 11 is 7.38. The smallest absolute Gasteiger partial charge is 0.462 e. The van der Waals surface area contributed by atoms with E-state index in [4.69, 9.17) is 25.8 Å². The van der Waals surface area contributed by atoms with Gasteiger partial charge in [0.15, 0.2) is 11.6 Å². The molecule has 0 aliphatic heterocycles. The van der Waals surface area contributed by atoms with Crippen LogP contribution in [-0.4, -0.2) is 39.7 Å². The van der Waals surface area contributed by atoms with Gasteiger partial charge in [0.1, 0.15) is 12.4 Å². The molecule has 5 aromatic rings. The molecule has 8 nitrogen and oxygen atoms in total. The van der Waals surface area contributed by atoms with Crippen LogP contribution in [0.4, 0.5) is 13.6 Å². The number of halogens is 3. The van der Waals surface area contributed by atoms with Gasteiger partial charge in [0, 0.05) is 33.0 Å². The number of hydrogen-bond acceptors (Lipinski definition) is 7. The number of carbonyl (C=O) groups is 2. The van der Waals surface area contributed by atoms with Crippen molar-refractivity contribution in [3.63, 3.8) is 0 Å². The molecule has 1 aliphatic rings. The van der Waals surface area contributed by atoms with Crippen molar-refractivity contribution in [1.82, 2.24) is 14.3 Å². The third-order valence-corrected chi connectivity index (χ3v) is 8.47. The number of carbonyl (C=O) groups excluding carboxylic acids is 2. The van der Waals surface area contributed by atoms with Gasteiger partial charge in [0.25, 0.3) is 0 Å². The highest BCUT2D eigenvalue weighted by molar-refractivity contribution is 7.99. The highest BCUT2D eigenvalue weighted by atomic mass is 35.5. The second-order valence-corrected chi connectivity index (χ2v) is 11.5. The summed E-state index contributed by atoms with van der Waals surface area (Å²) in [6, 6.07) is 16.3. The Kier molecular flexibility index (Phi) is 8.58. The summed E-state index contributed by atoms with van der Waals surface area (Å²) in [5.41, 5.74) is 1.44. The van der Waals surface area contributed by atoms with Crippen molar-refractivity contribution in [3.8, 4) is 11.4 Å². The Hall–Kier alpha value is -4.35. The fraction of sp³-hybridized carbons (Fsp3) is 0.219. The number of nitrogens with zero attached hydrogens (tertiary/aromatic N) is 3. The molecule has 0 unspecified atom stereocenters. The standard InChI is InChI=1S/C32H26ClF2N3O5S/c1-2-41-31(39)22-9-6-10-25(26(22)34)44-30-23-13-14-24(33)27(35)29(23)38(28(30)19-11-12-19)20-17-36-37(18-20)15-16-42-32(40)43-21-7-4-3-5-8-21/h3-10,13-14,17-19H,2,11-12,15-16H2,1H3. The van der Waals surface area contributed by atoms with Crippen LogP contribution < -0.4 is 4.74 Å². The summed E-state index contributed by atoms with van der Waals surface area (Å²) in [5, 5.41) is 4.90. The molecular formula is C32H26ClF2N3O5S. The molecule has 2 heterocycles. The zero-order valence-electron chi connectivity index (χ0n) is 23.5. The van der Waals surface area contributed by atoms with E-state index in [1.165, 1.54) is 12.1 Å². The summed E-state index contributed by atoms with van der Waals surface area (Å²) in [6.07, 6.45) is 4.21. The number of aromatic nitrogens is 3. The largest absolute Gasteiger partial charge is 0.513 e. The predicted octanol–water partition coefficient (Wildman–Crippen LogP) is 8.18. The van der Waals surface area contributed by atoms with Crippen molar-refractivity contribution >= 4 is 46.4 Å². The molecule has 226 valence electrons. The van der Waals surface area contributed by atoms with Crippen LogP contribution >= 0.6 is 23.4 Å². The molecule has 1 fully saturated rings. The molecule has 0 radical (unpaired) electrons. The maximum atomic E-state index is 15.8. The number of benzene rings is 3. The normalized spacial score (nSPS) is 12.8. The lowest BCUT2D eigenvalue weighted by Gasteiger charge is -2.11. The Morgan fingerprint density at radius 3 is 2.57 bits per heavy atom. The number of fused-ring (bicyclic) bond motifs is 1. The average molecular weight is 638 g/mol. The van der Waals surface area contributed by atoms with Gasteiger partial charge >= 0.3 is 12.1 Å². The summed E-state index contributed by atoms with van der Waals surface area (Å²) in [7, 11) is 0. The maximum Gasteiger partial charge on any atom is 0.513 e. The van der Waals surface area contributed by atoms with E-state index in [9.17, 15) is 9.59 Å². The first-order valence-corrected chi connectivity index (χ1v) is 15.1. The first-order valence-electron chi connectivity index (χ1n) is 13.9. The highest BCUT2D eigenvalue weighted by Gasteiger charge is 2.35. The van der Waals surface area contributed by atoms with Gasteiger partial charge in [-0.15, -0.1) is 0 Å². The third kappa shape index (κ3) is 6.02. The van der Waals surface area contributed by atoms with Crippen LogP contribution in [0.3, 0.4) is 0 Å². The second-order valence-electron chi connectivity index (χ2n) is 10.00. The molecule has 1 saturated carbocycles. The second kappa shape index (κ2) is 12.7. The number of esters is 1. The van der Waals surface area contributed by atoms with Crippen molar-refractivity contribution in [2.24, 2.45) is 0 Å². The lowest BCUT2D eigenvalue weighted by atomic mass is 10.2. The molecule has 0 bridgehead atoms. The van der Waals surface area contributed by atoms with Gasteiger partial charge in [-0.05, 0) is 56.2 Å². The minimum absolute atomic E-state index is 0.00787. The first kappa shape index (κ1) is 29.7. The Morgan fingerprint density at radius 2 is 1.82 bits per heavy atom. The molecule has 0 atom stereocenters. The zero-order chi connectivity index (χ0) is 30.8. The maximum absolute atomic E-state index is 15.8. The summed E-state index contributed by atoms with van der Waals surface area (Å²) in [4.78, 5) is 25.3. The zero-order valence-corrected chi connectivity index (χ0v) is 25.0. The molecule has 0 spiro atoms. The molecule has 44 heavy (non-hydrogen) atoms. The van der Waals surface area contributed by atoms with E-state index in [0.29, 0.717) is 21.7 Å². The molecule has 1 aliphatic carbocycles. The molecule has 0 saturated heterocycles. The van der Waals surface area contributed by atoms with Gasteiger partial charge in [0.05, 0.1) is 41.1 Å². The number of rotatable bonds is 10. The minimum atomic E-state index is -0.839. The van der Waals surface area contributed by atoms with Crippen LogP contribution in [0.15, 0.2) is 82.8 Å². The van der Waals surface area contributed by atoms with Gasteiger partial charge in [-0.3, -0.25) is 4.68 Å². The van der Waals surface area contributed by atoms with Crippen LogP contribution in [0.1, 0.15) is 41.7 Å². The van der Waals surface area contributed by atoms with Gasteiger partial charge in [-0.25, -0.2) is 18.4 Å². The molecule has 0 N–H and O–H groups in total. The van der Waals surface area contributed by atoms with E-state index in [2.05, 4.69) is 5.10 Å². The van der Waals surface area contributed by atoms with Crippen LogP contribution in [-0.2, 0) is 16.0 Å². The van der Waals surface area contributed by atoms with Crippen molar-refractivity contribution in [3.05, 3.63) is 101 Å². The van der Waals surface area contributed by atoms with Gasteiger partial charge in [-0.1, -0.05) is 47.6 Å². The van der Waals surface area contributed by atoms with Crippen LogP contribution in [0, 0.1) is 11.6 Å². The van der Waals surface area contributed by atoms with E-state index in [-0.39, 0.29) is 46.7 Å². The highest BCUT2D eigenvalue weighted by Crippen LogP contribution is 2.51. The van der Waals surface area contributed by atoms with Crippen molar-refractivity contribution in [1.29, 1.82) is 0 Å². The quantitative estimate of drug-likeness (QED) is 0.113. The first-order chi connectivity index (χ1) is 21.4. The molecule has 12 heteroatoms. The fourth-order valence-electron chi connectivity index (χ4n) is 4.90. The Morgan fingerprint density at radius 1 is 1.02 bits per heavy atom. The summed E-state index contributed by atoms with van der Waals surface area (Å²) < 4.78 is 50.0. The van der Waals surface area contributed by atoms with Crippen LogP contribution in [0.5, 0.6) is 5.75 Å². The van der Waals surface area contributed by atoms with Gasteiger partial charge in [-0.2, -0.15) is 5.10 Å². The molecule has 0 amide bonds. The van der Waals surface area contributed by atoms with Crippen molar-refractivity contribution in [2.75, 3.05) is 13.2 Å². The SMILES string of the molecule is CCOC(=O)c1cccc(Sc2c(C3CC3)n(-c3cnn(CCOC(=O)Oc4ccccc4)c3)c3c(F)c(Cl)ccc23)c1F. The molecule has 2 aromatic heterocycles. The molecule has 6 rings (SSSR count). The van der Waals surface area contributed by atoms with Gasteiger partial charge in [0.2, 0.25) is 0 Å². The lowest BCUT2D eigenvalue weighted by Crippen LogP contribution is -2.15. The summed E-state index contributed by atoms with van der Waals surface area (Å²) in [6.45, 7) is 1.98. The van der Waals surface area contributed by atoms with E-state index >= 15 is 8.78 Å². The fourth-order valence-corrected chi connectivity index (χ4v) is 6.25. The lowest BCUT2D eigenvalue weighted by molar-refractivity contribution is 0.0520. The predicted molar refractivity (Wildman–Crippen MR) is 161 cm³/mol. The Bertz CT molecular complexity index is 1860. The Balaban J connectivity index is 1.32. The summed E-state index contributed by atoms with van der Waals surface area (Å²) in [5.74, 6) is -1.60. The number of ether oxygens (including phenoxy) is 3. The van der Waals surface area contributed by atoms with E-state index in [1.807, 2.05) is 0 Å². The van der Waals surface area contributed by atoms with Crippen LogP contribution in [0.2, 0.25) is 5.02 Å². The van der Waals surface area contributed by atoms with Crippen molar-refractivity contribution in [2.45, 2.75) is 42.0 Å². The monoisotopic (exact) mass is 637 g/mol. The van der Waals surface area contributed by atoms with E-state index < -0.39 is 23.8 Å². The number of hydrogen-bond donors (Lipinski definition) is 0. The number of para-hydroxylation sites is 1. The van der Waals surface area contributed by atoms with E-state index in [1.54, 1.807) is 77.1 Å². The topological polar surface area (TPSA) is 84.6 Å². The van der Waals surface area contributed by atoms with Crippen molar-refractivity contribution < 1.29 is 32.6 Å². The molecular weight excluding hydrogens is 612 g/mol. The average Bonchev–Trinajstić information content (AvgIpc) is 3.66. The minimum Gasteiger partial charge on any atom is -0.462 e. The molecule has 3 aromatic carbocycles. The van der Waals surface area contributed by atoms with Gasteiger partial charge < -0.3 is 18.8 Å².